The number of anilines is 1. The van der Waals surface area contributed by atoms with Crippen LogP contribution in [0.2, 0.25) is 0 Å². The van der Waals surface area contributed by atoms with Crippen molar-refractivity contribution in [1.29, 1.82) is 0 Å². The summed E-state index contributed by atoms with van der Waals surface area (Å²) in [6, 6.07) is 9.50. The molecule has 0 saturated heterocycles. The quantitative estimate of drug-likeness (QED) is 0.865. The highest BCUT2D eigenvalue weighted by molar-refractivity contribution is 6.20. The maximum absolute atomic E-state index is 11.9. The first-order chi connectivity index (χ1) is 12.2. The molecule has 0 N–H and O–H groups in total. The van der Waals surface area contributed by atoms with Crippen molar-refractivity contribution in [2.24, 2.45) is 4.99 Å². The van der Waals surface area contributed by atoms with Gasteiger partial charge in [0, 0.05) is 17.0 Å². The maximum Gasteiger partial charge on any atom is 0.254 e. The van der Waals surface area contributed by atoms with E-state index in [4.69, 9.17) is 9.47 Å². The molecule has 1 aromatic heterocycles. The van der Waals surface area contributed by atoms with E-state index in [9.17, 15) is 4.79 Å². The number of aromatic nitrogens is 1. The largest absolute Gasteiger partial charge is 0.492 e. The maximum atomic E-state index is 11.9. The van der Waals surface area contributed by atoms with Gasteiger partial charge in [-0.3, -0.25) is 14.7 Å². The molecule has 0 unspecified atom stereocenters. The third-order valence-corrected chi connectivity index (χ3v) is 5.09. The zero-order chi connectivity index (χ0) is 17.0. The lowest BCUT2D eigenvalue weighted by molar-refractivity contribution is -0.115. The molecule has 1 aromatic carbocycles. The SMILES string of the molecule is CC1=NCC(=O)N1c1ccc(Oc2cccc3c2C2(CC2)CO3)nc1. The average Bonchev–Trinajstić information content (AvgIpc) is 3.19. The Morgan fingerprint density at radius 1 is 1.24 bits per heavy atom. The molecule has 1 saturated carbocycles. The Bertz CT molecular complexity index is 901. The van der Waals surface area contributed by atoms with Crippen LogP contribution in [-0.2, 0) is 10.2 Å². The molecule has 1 amide bonds. The van der Waals surface area contributed by atoms with Crippen LogP contribution in [-0.4, -0.2) is 29.9 Å². The number of amidine groups is 1. The first-order valence-electron chi connectivity index (χ1n) is 8.41. The third-order valence-electron chi connectivity index (χ3n) is 5.09. The molecule has 5 rings (SSSR count). The zero-order valence-corrected chi connectivity index (χ0v) is 13.9. The number of rotatable bonds is 3. The summed E-state index contributed by atoms with van der Waals surface area (Å²) in [5.41, 5.74) is 2.01. The fourth-order valence-electron chi connectivity index (χ4n) is 3.58. The Hall–Kier alpha value is -2.89. The number of ether oxygens (including phenoxy) is 2. The fourth-order valence-corrected chi connectivity index (χ4v) is 3.58. The lowest BCUT2D eigenvalue weighted by Crippen LogP contribution is -2.30. The molecule has 1 aliphatic carbocycles. The van der Waals surface area contributed by atoms with Crippen molar-refractivity contribution in [2.75, 3.05) is 18.1 Å². The minimum Gasteiger partial charge on any atom is -0.492 e. The Labute approximate surface area is 145 Å². The highest BCUT2D eigenvalue weighted by Gasteiger charge is 2.52. The Morgan fingerprint density at radius 3 is 2.80 bits per heavy atom. The van der Waals surface area contributed by atoms with Crippen LogP contribution in [0.3, 0.4) is 0 Å². The van der Waals surface area contributed by atoms with Crippen LogP contribution in [0.5, 0.6) is 17.4 Å². The van der Waals surface area contributed by atoms with Crippen LogP contribution >= 0.6 is 0 Å². The van der Waals surface area contributed by atoms with E-state index in [-0.39, 0.29) is 17.9 Å². The minimum atomic E-state index is -0.0401. The van der Waals surface area contributed by atoms with E-state index in [1.54, 1.807) is 17.2 Å². The molecule has 1 spiro atoms. The van der Waals surface area contributed by atoms with E-state index >= 15 is 0 Å². The Kier molecular flexibility index (Phi) is 2.92. The van der Waals surface area contributed by atoms with Crippen LogP contribution in [0, 0.1) is 0 Å². The van der Waals surface area contributed by atoms with Crippen molar-refractivity contribution < 1.29 is 14.3 Å². The first-order valence-corrected chi connectivity index (χ1v) is 8.41. The molecule has 2 aliphatic heterocycles. The van der Waals surface area contributed by atoms with Crippen LogP contribution in [0.4, 0.5) is 5.69 Å². The van der Waals surface area contributed by atoms with Gasteiger partial charge in [0.2, 0.25) is 5.88 Å². The van der Waals surface area contributed by atoms with E-state index in [1.165, 1.54) is 5.56 Å². The number of pyridine rings is 1. The summed E-state index contributed by atoms with van der Waals surface area (Å²) in [5.74, 6) is 2.88. The predicted molar refractivity (Wildman–Crippen MR) is 92.6 cm³/mol. The van der Waals surface area contributed by atoms with Crippen molar-refractivity contribution in [3.05, 3.63) is 42.1 Å². The number of amides is 1. The number of fused-ring (bicyclic) bond motifs is 2. The zero-order valence-electron chi connectivity index (χ0n) is 13.9. The normalized spacial score (nSPS) is 19.6. The molecule has 6 nitrogen and oxygen atoms in total. The van der Waals surface area contributed by atoms with Gasteiger partial charge in [0.15, 0.2) is 0 Å². The number of hydrogen-bond donors (Lipinski definition) is 0. The molecule has 1 fully saturated rings. The lowest BCUT2D eigenvalue weighted by atomic mass is 9.97. The van der Waals surface area contributed by atoms with E-state index < -0.39 is 0 Å². The van der Waals surface area contributed by atoms with Gasteiger partial charge in [0.25, 0.3) is 5.91 Å². The molecule has 3 aliphatic rings. The van der Waals surface area contributed by atoms with Gasteiger partial charge in [0.1, 0.15) is 23.9 Å². The number of carbonyl (C=O) groups is 1. The van der Waals surface area contributed by atoms with E-state index in [0.29, 0.717) is 17.4 Å². The van der Waals surface area contributed by atoms with Crippen LogP contribution in [0.25, 0.3) is 0 Å². The first kappa shape index (κ1) is 14.5. The Balaban J connectivity index is 1.42. The predicted octanol–water partition coefficient (Wildman–Crippen LogP) is 3.06. The molecular weight excluding hydrogens is 318 g/mol. The average molecular weight is 335 g/mol. The van der Waals surface area contributed by atoms with Crippen molar-refractivity contribution in [1.82, 2.24) is 4.98 Å². The van der Waals surface area contributed by atoms with Gasteiger partial charge < -0.3 is 9.47 Å². The van der Waals surface area contributed by atoms with Crippen molar-refractivity contribution in [2.45, 2.75) is 25.2 Å². The second-order valence-corrected chi connectivity index (χ2v) is 6.75. The molecule has 2 aromatic rings. The van der Waals surface area contributed by atoms with Crippen molar-refractivity contribution >= 4 is 17.4 Å². The molecule has 6 heteroatoms. The number of hydrogen-bond acceptors (Lipinski definition) is 5. The topological polar surface area (TPSA) is 64.0 Å². The molecule has 25 heavy (non-hydrogen) atoms. The summed E-state index contributed by atoms with van der Waals surface area (Å²) in [6.07, 6.45) is 3.93. The third kappa shape index (κ3) is 2.21. The molecule has 126 valence electrons. The summed E-state index contributed by atoms with van der Waals surface area (Å²) in [7, 11) is 0. The second kappa shape index (κ2) is 5.05. The van der Waals surface area contributed by atoms with Crippen molar-refractivity contribution in [3.8, 4) is 17.4 Å². The summed E-state index contributed by atoms with van der Waals surface area (Å²) in [5, 5.41) is 0. The number of carbonyl (C=O) groups excluding carboxylic acids is 1. The van der Waals surface area contributed by atoms with E-state index in [1.807, 2.05) is 31.2 Å². The van der Waals surface area contributed by atoms with Gasteiger partial charge in [-0.05, 0) is 38.0 Å². The van der Waals surface area contributed by atoms with Crippen molar-refractivity contribution in [3.63, 3.8) is 0 Å². The number of aliphatic imine (C=N–C) groups is 1. The summed E-state index contributed by atoms with van der Waals surface area (Å²) in [4.78, 5) is 22.0. The highest BCUT2D eigenvalue weighted by atomic mass is 16.5. The summed E-state index contributed by atoms with van der Waals surface area (Å²) in [6.45, 7) is 2.75. The van der Waals surface area contributed by atoms with Gasteiger partial charge in [-0.25, -0.2) is 4.98 Å². The van der Waals surface area contributed by atoms with Gasteiger partial charge in [-0.2, -0.15) is 0 Å². The van der Waals surface area contributed by atoms with E-state index in [0.717, 1.165) is 30.9 Å². The molecule has 3 heterocycles. The number of nitrogens with zero attached hydrogens (tertiary/aromatic N) is 3. The standard InChI is InChI=1S/C19H17N3O3/c1-12-20-10-17(23)22(12)13-5-6-16(21-9-13)25-15-4-2-3-14-18(15)19(7-8-19)11-24-14/h2-6,9H,7-8,10-11H2,1H3. The summed E-state index contributed by atoms with van der Waals surface area (Å²) < 4.78 is 11.9. The molecule has 0 atom stereocenters. The Morgan fingerprint density at radius 2 is 2.12 bits per heavy atom. The second-order valence-electron chi connectivity index (χ2n) is 6.75. The van der Waals surface area contributed by atoms with Crippen LogP contribution < -0.4 is 14.4 Å². The highest BCUT2D eigenvalue weighted by Crippen LogP contribution is 2.58. The monoisotopic (exact) mass is 335 g/mol. The van der Waals surface area contributed by atoms with Gasteiger partial charge in [-0.15, -0.1) is 0 Å². The van der Waals surface area contributed by atoms with Crippen LogP contribution in [0.15, 0.2) is 41.5 Å². The van der Waals surface area contributed by atoms with Gasteiger partial charge in [0.05, 0.1) is 18.5 Å². The smallest absolute Gasteiger partial charge is 0.254 e. The van der Waals surface area contributed by atoms with E-state index in [2.05, 4.69) is 9.98 Å². The van der Waals surface area contributed by atoms with Gasteiger partial charge in [-0.1, -0.05) is 6.07 Å². The summed E-state index contributed by atoms with van der Waals surface area (Å²) >= 11 is 0. The van der Waals surface area contributed by atoms with Gasteiger partial charge >= 0.3 is 0 Å². The minimum absolute atomic E-state index is 0.0401. The molecular formula is C19H17N3O3. The lowest BCUT2D eigenvalue weighted by Gasteiger charge is -2.16. The number of benzene rings is 1. The molecule has 0 bridgehead atoms. The van der Waals surface area contributed by atoms with Crippen LogP contribution in [0.1, 0.15) is 25.3 Å². The molecule has 0 radical (unpaired) electrons. The fraction of sp³-hybridized carbons (Fsp3) is 0.316.